The van der Waals surface area contributed by atoms with E-state index in [-0.39, 0.29) is 17.3 Å². The van der Waals surface area contributed by atoms with Gasteiger partial charge in [-0.15, -0.1) is 11.3 Å². The molecule has 4 rings (SSSR count). The number of phenolic OH excluding ortho intramolecular Hbond substituents is 1. The Kier molecular flexibility index (Phi) is 3.20. The molecule has 0 radical (unpaired) electrons. The minimum absolute atomic E-state index is 0.0680. The van der Waals surface area contributed by atoms with E-state index in [9.17, 15) is 9.90 Å². The Hall–Kier alpha value is -2.92. The van der Waals surface area contributed by atoms with Crippen molar-refractivity contribution in [2.45, 2.75) is 0 Å². The number of ether oxygens (including phenoxy) is 1. The van der Waals surface area contributed by atoms with E-state index >= 15 is 0 Å². The van der Waals surface area contributed by atoms with E-state index in [1.54, 1.807) is 12.1 Å². The summed E-state index contributed by atoms with van der Waals surface area (Å²) in [7, 11) is 0. The molecule has 1 aliphatic heterocycles. The van der Waals surface area contributed by atoms with E-state index in [2.05, 4.69) is 4.98 Å². The van der Waals surface area contributed by atoms with Gasteiger partial charge in [-0.1, -0.05) is 30.3 Å². The summed E-state index contributed by atoms with van der Waals surface area (Å²) in [5.41, 5.74) is 2.34. The molecule has 0 aliphatic carbocycles. The van der Waals surface area contributed by atoms with Gasteiger partial charge < -0.3 is 9.84 Å². The fourth-order valence-corrected chi connectivity index (χ4v) is 3.13. The van der Waals surface area contributed by atoms with Gasteiger partial charge in [0, 0.05) is 23.1 Å². The van der Waals surface area contributed by atoms with Gasteiger partial charge in [-0.3, -0.25) is 4.79 Å². The highest BCUT2D eigenvalue weighted by atomic mass is 32.1. The topological polar surface area (TPSA) is 59.4 Å². The van der Waals surface area contributed by atoms with Crippen molar-refractivity contribution in [2.75, 3.05) is 0 Å². The summed E-state index contributed by atoms with van der Waals surface area (Å²) >= 11 is 1.45. The molecule has 0 amide bonds. The summed E-state index contributed by atoms with van der Waals surface area (Å²) in [5.74, 6) is 0.468. The van der Waals surface area contributed by atoms with Crippen molar-refractivity contribution in [2.24, 2.45) is 0 Å². The summed E-state index contributed by atoms with van der Waals surface area (Å²) in [4.78, 5) is 16.8. The van der Waals surface area contributed by atoms with Crippen LogP contribution in [-0.4, -0.2) is 15.9 Å². The van der Waals surface area contributed by atoms with Crippen LogP contribution in [0.5, 0.6) is 11.5 Å². The number of hydrogen-bond acceptors (Lipinski definition) is 5. The van der Waals surface area contributed by atoms with Crippen LogP contribution < -0.4 is 4.74 Å². The van der Waals surface area contributed by atoms with Crippen molar-refractivity contribution in [3.05, 3.63) is 70.2 Å². The second-order valence-corrected chi connectivity index (χ2v) is 5.95. The fraction of sp³-hybridized carbons (Fsp3) is 0. The molecule has 0 unspecified atom stereocenters. The zero-order valence-electron chi connectivity index (χ0n) is 11.9. The van der Waals surface area contributed by atoms with Crippen LogP contribution in [0.2, 0.25) is 0 Å². The number of allylic oxidation sites excluding steroid dienone is 1. The van der Waals surface area contributed by atoms with Gasteiger partial charge in [0.2, 0.25) is 5.78 Å². The van der Waals surface area contributed by atoms with E-state index in [1.807, 2.05) is 35.7 Å². The average Bonchev–Trinajstić information content (AvgIpc) is 3.14. The molecule has 112 valence electrons. The smallest absolute Gasteiger partial charge is 0.232 e. The lowest BCUT2D eigenvalue weighted by molar-refractivity contribution is 0.101. The normalized spacial score (nSPS) is 14.8. The van der Waals surface area contributed by atoms with Crippen LogP contribution in [0.4, 0.5) is 0 Å². The van der Waals surface area contributed by atoms with E-state index in [1.165, 1.54) is 23.5 Å². The fourth-order valence-electron chi connectivity index (χ4n) is 2.38. The third-order valence-electron chi connectivity index (χ3n) is 3.50. The summed E-state index contributed by atoms with van der Waals surface area (Å²) in [6, 6.07) is 14.3. The Balaban J connectivity index is 1.65. The van der Waals surface area contributed by atoms with Crippen molar-refractivity contribution in [1.82, 2.24) is 4.98 Å². The number of phenols is 1. The third kappa shape index (κ3) is 2.51. The maximum Gasteiger partial charge on any atom is 0.232 e. The predicted octanol–water partition coefficient (Wildman–Crippen LogP) is 4.13. The third-order valence-corrected chi connectivity index (χ3v) is 4.29. The Morgan fingerprint density at radius 1 is 1.13 bits per heavy atom. The van der Waals surface area contributed by atoms with Gasteiger partial charge in [-0.05, 0) is 12.1 Å². The summed E-state index contributed by atoms with van der Waals surface area (Å²) in [5, 5.41) is 12.1. The first-order chi connectivity index (χ1) is 11.2. The SMILES string of the molecule is O=C1/C(=C/c2nc(-c3ccccc3)cs2)Oc2cc(O)ccc21. The van der Waals surface area contributed by atoms with Crippen molar-refractivity contribution in [3.8, 4) is 22.8 Å². The molecule has 1 aliphatic rings. The average molecular weight is 321 g/mol. The molecule has 1 aromatic heterocycles. The largest absolute Gasteiger partial charge is 0.508 e. The van der Waals surface area contributed by atoms with E-state index in [0.717, 1.165) is 11.3 Å². The van der Waals surface area contributed by atoms with E-state index < -0.39 is 0 Å². The summed E-state index contributed by atoms with van der Waals surface area (Å²) in [6.07, 6.45) is 1.64. The molecule has 0 atom stereocenters. The van der Waals surface area contributed by atoms with Crippen molar-refractivity contribution < 1.29 is 14.6 Å². The number of nitrogens with zero attached hydrogens (tertiary/aromatic N) is 1. The predicted molar refractivity (Wildman–Crippen MR) is 88.6 cm³/mol. The highest BCUT2D eigenvalue weighted by Gasteiger charge is 2.27. The Bertz CT molecular complexity index is 928. The van der Waals surface area contributed by atoms with Crippen molar-refractivity contribution >= 4 is 23.2 Å². The minimum atomic E-state index is -0.198. The number of aromatic nitrogens is 1. The van der Waals surface area contributed by atoms with Gasteiger partial charge in [0.1, 0.15) is 16.5 Å². The maximum atomic E-state index is 12.3. The number of Topliss-reactive ketones (excluding diaryl/α,β-unsaturated/α-hetero) is 1. The molecule has 3 aromatic rings. The van der Waals surface area contributed by atoms with Gasteiger partial charge in [0.25, 0.3) is 0 Å². The maximum absolute atomic E-state index is 12.3. The first-order valence-corrected chi connectivity index (χ1v) is 7.87. The van der Waals surface area contributed by atoms with Crippen LogP contribution >= 0.6 is 11.3 Å². The van der Waals surface area contributed by atoms with Crippen LogP contribution in [0.15, 0.2) is 59.7 Å². The van der Waals surface area contributed by atoms with E-state index in [4.69, 9.17) is 4.74 Å². The van der Waals surface area contributed by atoms with Gasteiger partial charge in [0.15, 0.2) is 5.76 Å². The van der Waals surface area contributed by atoms with Crippen LogP contribution in [0.3, 0.4) is 0 Å². The lowest BCUT2D eigenvalue weighted by Gasteiger charge is -1.97. The van der Waals surface area contributed by atoms with Crippen LogP contribution in [0, 0.1) is 0 Å². The molecule has 0 saturated carbocycles. The molecule has 0 fully saturated rings. The Morgan fingerprint density at radius 2 is 1.96 bits per heavy atom. The number of carbonyl (C=O) groups excluding carboxylic acids is 1. The molecule has 5 heteroatoms. The summed E-state index contributed by atoms with van der Waals surface area (Å²) < 4.78 is 5.54. The molecule has 23 heavy (non-hydrogen) atoms. The first kappa shape index (κ1) is 13.7. The Morgan fingerprint density at radius 3 is 2.78 bits per heavy atom. The number of rotatable bonds is 2. The lowest BCUT2D eigenvalue weighted by atomic mass is 10.1. The molecule has 2 aromatic carbocycles. The monoisotopic (exact) mass is 321 g/mol. The van der Waals surface area contributed by atoms with Crippen LogP contribution in [0.25, 0.3) is 17.3 Å². The molecular formula is C18H11NO3S. The quantitative estimate of drug-likeness (QED) is 0.721. The number of carbonyl (C=O) groups is 1. The second kappa shape index (κ2) is 5.37. The number of fused-ring (bicyclic) bond motifs is 1. The van der Waals surface area contributed by atoms with E-state index in [0.29, 0.717) is 16.3 Å². The number of aromatic hydroxyl groups is 1. The van der Waals surface area contributed by atoms with Gasteiger partial charge in [-0.25, -0.2) is 4.98 Å². The molecule has 1 N–H and O–H groups in total. The van der Waals surface area contributed by atoms with Crippen LogP contribution in [0.1, 0.15) is 15.4 Å². The number of hydrogen-bond donors (Lipinski definition) is 1. The zero-order valence-corrected chi connectivity index (χ0v) is 12.7. The second-order valence-electron chi connectivity index (χ2n) is 5.06. The first-order valence-electron chi connectivity index (χ1n) is 6.99. The Labute approximate surface area is 136 Å². The van der Waals surface area contributed by atoms with Crippen LogP contribution in [-0.2, 0) is 0 Å². The molecule has 0 bridgehead atoms. The molecular weight excluding hydrogens is 310 g/mol. The number of ketones is 1. The standard InChI is InChI=1S/C18H11NO3S/c20-12-6-7-13-15(8-12)22-16(18(13)21)9-17-19-14(10-23-17)11-4-2-1-3-5-11/h1-10,20H/b16-9-. The van der Waals surface area contributed by atoms with Gasteiger partial charge >= 0.3 is 0 Å². The minimum Gasteiger partial charge on any atom is -0.508 e. The van der Waals surface area contributed by atoms with Gasteiger partial charge in [0.05, 0.1) is 11.3 Å². The van der Waals surface area contributed by atoms with Crippen molar-refractivity contribution in [1.29, 1.82) is 0 Å². The zero-order chi connectivity index (χ0) is 15.8. The van der Waals surface area contributed by atoms with Crippen molar-refractivity contribution in [3.63, 3.8) is 0 Å². The lowest BCUT2D eigenvalue weighted by Crippen LogP contribution is -1.97. The van der Waals surface area contributed by atoms with Gasteiger partial charge in [-0.2, -0.15) is 0 Å². The molecule has 0 spiro atoms. The molecule has 4 nitrogen and oxygen atoms in total. The number of thiazole rings is 1. The molecule has 0 saturated heterocycles. The highest BCUT2D eigenvalue weighted by Crippen LogP contribution is 2.35. The summed E-state index contributed by atoms with van der Waals surface area (Å²) in [6.45, 7) is 0. The molecule has 2 heterocycles. The number of benzene rings is 2. The highest BCUT2D eigenvalue weighted by molar-refractivity contribution is 7.10.